The number of likely N-dealkylation sites (N-methyl/N-ethyl adjacent to an activating group) is 2. The predicted molar refractivity (Wildman–Crippen MR) is 132 cm³/mol. The van der Waals surface area contributed by atoms with Crippen LogP contribution in [0.25, 0.3) is 0 Å². The highest BCUT2D eigenvalue weighted by atomic mass is 19.1. The Morgan fingerprint density at radius 2 is 1.59 bits per heavy atom. The molecule has 0 bridgehead atoms. The second-order valence-corrected chi connectivity index (χ2v) is 10.9. The van der Waals surface area contributed by atoms with Gasteiger partial charge in [0.05, 0.1) is 22.9 Å². The van der Waals surface area contributed by atoms with Crippen molar-refractivity contribution in [3.63, 3.8) is 0 Å². The van der Waals surface area contributed by atoms with Crippen LogP contribution in [0.4, 0.5) is 14.9 Å². The Labute approximate surface area is 215 Å². The lowest BCUT2D eigenvalue weighted by molar-refractivity contribution is -0.136. The van der Waals surface area contributed by atoms with Crippen molar-refractivity contribution in [3.8, 4) is 0 Å². The Morgan fingerprint density at radius 3 is 2.19 bits per heavy atom. The maximum Gasteiger partial charge on any atom is 0.410 e. The molecule has 1 aliphatic carbocycles. The van der Waals surface area contributed by atoms with E-state index in [0.717, 1.165) is 23.8 Å². The summed E-state index contributed by atoms with van der Waals surface area (Å²) in [5.41, 5.74) is -0.643. The molecule has 1 aromatic rings. The first-order chi connectivity index (χ1) is 17.3. The van der Waals surface area contributed by atoms with E-state index in [9.17, 15) is 24.0 Å². The van der Waals surface area contributed by atoms with Gasteiger partial charge in [0.15, 0.2) is 0 Å². The van der Waals surface area contributed by atoms with Crippen LogP contribution in [0.15, 0.2) is 12.1 Å². The molecule has 1 unspecified atom stereocenters. The maximum atomic E-state index is 15.4. The molecular weight excluding hydrogens is 483 g/mol. The van der Waals surface area contributed by atoms with E-state index < -0.39 is 47.2 Å². The van der Waals surface area contributed by atoms with Gasteiger partial charge >= 0.3 is 6.09 Å². The van der Waals surface area contributed by atoms with E-state index in [1.807, 2.05) is 0 Å². The lowest BCUT2D eigenvalue weighted by Crippen LogP contribution is -2.54. The monoisotopic (exact) mass is 516 g/mol. The van der Waals surface area contributed by atoms with Gasteiger partial charge in [0.25, 0.3) is 11.8 Å². The fourth-order valence-corrected chi connectivity index (χ4v) is 5.39. The van der Waals surface area contributed by atoms with E-state index in [1.165, 1.54) is 6.07 Å². The minimum absolute atomic E-state index is 0.000392. The molecule has 0 radical (unpaired) electrons. The summed E-state index contributed by atoms with van der Waals surface area (Å²) in [4.78, 5) is 66.9. The molecule has 1 saturated heterocycles. The largest absolute Gasteiger partial charge is 0.444 e. The van der Waals surface area contributed by atoms with Crippen LogP contribution in [-0.4, -0.2) is 77.3 Å². The molecule has 10 nitrogen and oxygen atoms in total. The first-order valence-electron chi connectivity index (χ1n) is 12.5. The highest BCUT2D eigenvalue weighted by Crippen LogP contribution is 2.36. The Balaban J connectivity index is 1.61. The number of nitrogens with one attached hydrogen (secondary N) is 1. The molecule has 2 fully saturated rings. The SMILES string of the molecule is CN(C(=O)OC(C)(C)C)[C@H]1CCCC[C@@H]1N(C)c1cc2c(cc1F)C(=O)N(C1CCC(=O)NC1=O)C2=O. The molecule has 200 valence electrons. The van der Waals surface area contributed by atoms with Crippen molar-refractivity contribution in [3.05, 3.63) is 29.1 Å². The second kappa shape index (κ2) is 9.75. The Morgan fingerprint density at radius 1 is 1.00 bits per heavy atom. The molecule has 5 amide bonds. The van der Waals surface area contributed by atoms with E-state index in [0.29, 0.717) is 12.8 Å². The number of halogens is 1. The number of anilines is 1. The molecule has 0 spiro atoms. The number of imide groups is 2. The molecule has 0 aromatic heterocycles. The molecule has 2 heterocycles. The number of amides is 5. The molecule has 3 aliphatic rings. The van der Waals surface area contributed by atoms with Crippen LogP contribution in [0.5, 0.6) is 0 Å². The molecular formula is C26H33FN4O6. The molecule has 1 saturated carbocycles. The van der Waals surface area contributed by atoms with Crippen LogP contribution in [0, 0.1) is 5.82 Å². The summed E-state index contributed by atoms with van der Waals surface area (Å²) < 4.78 is 20.9. The van der Waals surface area contributed by atoms with Crippen molar-refractivity contribution in [1.82, 2.24) is 15.1 Å². The fourth-order valence-electron chi connectivity index (χ4n) is 5.39. The minimum atomic E-state index is -1.13. The van der Waals surface area contributed by atoms with Gasteiger partial charge < -0.3 is 14.5 Å². The number of benzene rings is 1. The van der Waals surface area contributed by atoms with E-state index in [1.54, 1.807) is 44.7 Å². The number of nitrogens with zero attached hydrogens (tertiary/aromatic N) is 3. The summed E-state index contributed by atoms with van der Waals surface area (Å²) in [5.74, 6) is -3.33. The number of carbonyl (C=O) groups is 5. The van der Waals surface area contributed by atoms with Gasteiger partial charge in [0, 0.05) is 26.6 Å². The first kappa shape index (κ1) is 26.6. The average molecular weight is 517 g/mol. The fraction of sp³-hybridized carbons (Fsp3) is 0.577. The standard InChI is InChI=1S/C26H33FN4O6/c1-26(2,3)37-25(36)30(5)18-9-7-6-8-17(18)29(4)20-13-15-14(12-16(20)27)23(34)31(24(15)35)19-10-11-21(32)28-22(19)33/h12-13,17-19H,6-11H2,1-5H3,(H,28,32,33)/t17-,18-,19?/m0/s1. The Bertz CT molecular complexity index is 1160. The highest BCUT2D eigenvalue weighted by molar-refractivity contribution is 6.23. The summed E-state index contributed by atoms with van der Waals surface area (Å²) in [6.45, 7) is 5.37. The van der Waals surface area contributed by atoms with Crippen LogP contribution >= 0.6 is 0 Å². The second-order valence-electron chi connectivity index (χ2n) is 10.9. The summed E-state index contributed by atoms with van der Waals surface area (Å²) in [7, 11) is 3.37. The van der Waals surface area contributed by atoms with Gasteiger partial charge in [-0.3, -0.25) is 29.4 Å². The van der Waals surface area contributed by atoms with Gasteiger partial charge in [-0.25, -0.2) is 9.18 Å². The first-order valence-corrected chi connectivity index (χ1v) is 12.5. The summed E-state index contributed by atoms with van der Waals surface area (Å²) >= 11 is 0. The van der Waals surface area contributed by atoms with Crippen LogP contribution in [0.1, 0.15) is 80.0 Å². The zero-order valence-corrected chi connectivity index (χ0v) is 21.8. The van der Waals surface area contributed by atoms with Gasteiger partial charge in [-0.05, 0) is 52.2 Å². The predicted octanol–water partition coefficient (Wildman–Crippen LogP) is 2.84. The molecule has 2 aliphatic heterocycles. The van der Waals surface area contributed by atoms with Crippen molar-refractivity contribution in [2.24, 2.45) is 0 Å². The van der Waals surface area contributed by atoms with E-state index >= 15 is 4.39 Å². The van der Waals surface area contributed by atoms with Crippen molar-refractivity contribution in [2.75, 3.05) is 19.0 Å². The van der Waals surface area contributed by atoms with E-state index in [4.69, 9.17) is 4.74 Å². The number of rotatable bonds is 4. The number of hydrogen-bond acceptors (Lipinski definition) is 7. The van der Waals surface area contributed by atoms with Gasteiger partial charge in [0.2, 0.25) is 11.8 Å². The van der Waals surface area contributed by atoms with Crippen molar-refractivity contribution >= 4 is 35.4 Å². The van der Waals surface area contributed by atoms with Gasteiger partial charge in [-0.15, -0.1) is 0 Å². The molecule has 3 atom stereocenters. The molecule has 4 rings (SSSR count). The zero-order chi connectivity index (χ0) is 27.2. The summed E-state index contributed by atoms with van der Waals surface area (Å²) in [5, 5.41) is 2.15. The lowest BCUT2D eigenvalue weighted by atomic mass is 9.88. The summed E-state index contributed by atoms with van der Waals surface area (Å²) in [6, 6.07) is 0.744. The van der Waals surface area contributed by atoms with Crippen LogP contribution < -0.4 is 10.2 Å². The summed E-state index contributed by atoms with van der Waals surface area (Å²) in [6.07, 6.45) is 2.75. The zero-order valence-electron chi connectivity index (χ0n) is 21.8. The molecule has 1 aromatic carbocycles. The minimum Gasteiger partial charge on any atom is -0.444 e. The normalized spacial score (nSPS) is 24.1. The van der Waals surface area contributed by atoms with Crippen molar-refractivity contribution in [1.29, 1.82) is 0 Å². The number of ether oxygens (including phenoxy) is 1. The number of hydrogen-bond donors (Lipinski definition) is 1. The van der Waals surface area contributed by atoms with Gasteiger partial charge in [-0.2, -0.15) is 0 Å². The van der Waals surface area contributed by atoms with Gasteiger partial charge in [-0.1, -0.05) is 12.8 Å². The quantitative estimate of drug-likeness (QED) is 0.612. The number of fused-ring (bicyclic) bond motifs is 1. The van der Waals surface area contributed by atoms with E-state index in [-0.39, 0.29) is 41.7 Å². The smallest absolute Gasteiger partial charge is 0.410 e. The topological polar surface area (TPSA) is 116 Å². The van der Waals surface area contributed by atoms with Gasteiger partial charge in [0.1, 0.15) is 17.5 Å². The molecule has 1 N–H and O–H groups in total. The number of piperidine rings is 1. The lowest BCUT2D eigenvalue weighted by Gasteiger charge is -2.43. The third-order valence-electron chi connectivity index (χ3n) is 7.26. The van der Waals surface area contributed by atoms with Crippen LogP contribution in [0.2, 0.25) is 0 Å². The van der Waals surface area contributed by atoms with Crippen LogP contribution in [0.3, 0.4) is 0 Å². The van der Waals surface area contributed by atoms with E-state index in [2.05, 4.69) is 5.32 Å². The molecule has 37 heavy (non-hydrogen) atoms. The molecule has 11 heteroatoms. The third kappa shape index (κ3) is 5.03. The number of carbonyl (C=O) groups excluding carboxylic acids is 5. The van der Waals surface area contributed by atoms with Crippen molar-refractivity contribution < 1.29 is 33.1 Å². The third-order valence-corrected chi connectivity index (χ3v) is 7.26. The van der Waals surface area contributed by atoms with Crippen molar-refractivity contribution in [2.45, 2.75) is 83.0 Å². The maximum absolute atomic E-state index is 15.4. The average Bonchev–Trinajstić information content (AvgIpc) is 3.05. The Kier molecular flexibility index (Phi) is 7.00. The Hall–Kier alpha value is -3.50. The van der Waals surface area contributed by atoms with Crippen LogP contribution in [-0.2, 0) is 14.3 Å². The highest BCUT2D eigenvalue weighted by Gasteiger charge is 2.45.